The van der Waals surface area contributed by atoms with Crippen LogP contribution in [-0.4, -0.2) is 12.1 Å². The predicted molar refractivity (Wildman–Crippen MR) is 101 cm³/mol. The van der Waals surface area contributed by atoms with Gasteiger partial charge < -0.3 is 5.32 Å². The molecule has 0 amide bonds. The van der Waals surface area contributed by atoms with Crippen molar-refractivity contribution in [2.75, 3.05) is 0 Å². The molecule has 2 fully saturated rings. The van der Waals surface area contributed by atoms with Gasteiger partial charge in [-0.05, 0) is 53.9 Å². The van der Waals surface area contributed by atoms with Gasteiger partial charge in [-0.3, -0.25) is 0 Å². The fourth-order valence-corrected chi connectivity index (χ4v) is 6.87. The molecule has 7 unspecified atom stereocenters. The molecule has 1 heterocycles. The molecule has 1 nitrogen and oxygen atoms in total. The van der Waals surface area contributed by atoms with Crippen LogP contribution in [0.3, 0.4) is 0 Å². The van der Waals surface area contributed by atoms with Gasteiger partial charge in [-0.15, -0.1) is 0 Å². The second-order valence-electron chi connectivity index (χ2n) is 9.85. The number of hydrogen-bond acceptors (Lipinski definition) is 1. The standard InChI is InChI=1S/C23H31N/c1-14-8-9-15-16-12-19-20(13-18(16)22(2,3)17(15)11-14)24-21-7-5-6-10-23(19,21)4/h5-10,14,16,18-21,24H,11-13H2,1-4H3. The summed E-state index contributed by atoms with van der Waals surface area (Å²) in [6.07, 6.45) is 18.4. The molecule has 0 radical (unpaired) electrons. The van der Waals surface area contributed by atoms with Crippen LogP contribution in [0.1, 0.15) is 47.0 Å². The van der Waals surface area contributed by atoms with E-state index >= 15 is 0 Å². The number of rotatable bonds is 0. The van der Waals surface area contributed by atoms with Crippen molar-refractivity contribution < 1.29 is 0 Å². The van der Waals surface area contributed by atoms with Gasteiger partial charge in [0.1, 0.15) is 0 Å². The minimum Gasteiger partial charge on any atom is -0.307 e. The Bertz CT molecular complexity index is 691. The maximum Gasteiger partial charge on any atom is 0.0347 e. The molecule has 0 aromatic heterocycles. The summed E-state index contributed by atoms with van der Waals surface area (Å²) in [7, 11) is 0. The van der Waals surface area contributed by atoms with Gasteiger partial charge in [-0.2, -0.15) is 0 Å². The Labute approximate surface area is 147 Å². The number of hydrogen-bond donors (Lipinski definition) is 1. The Morgan fingerprint density at radius 1 is 1.04 bits per heavy atom. The highest BCUT2D eigenvalue weighted by Gasteiger charge is 2.58. The molecular weight excluding hydrogens is 290 g/mol. The third kappa shape index (κ3) is 1.80. The number of fused-ring (bicyclic) bond motifs is 5. The molecule has 1 saturated heterocycles. The SMILES string of the molecule is CC1C=CC2=C(C1)C(C)(C)C1CC3NC4C=CC=CC4(C)C3CC21. The first-order valence-corrected chi connectivity index (χ1v) is 9.95. The maximum atomic E-state index is 4.00. The first kappa shape index (κ1) is 15.2. The summed E-state index contributed by atoms with van der Waals surface area (Å²) < 4.78 is 0. The maximum absolute atomic E-state index is 4.00. The van der Waals surface area contributed by atoms with E-state index in [0.717, 1.165) is 17.8 Å². The molecule has 1 saturated carbocycles. The fraction of sp³-hybridized carbons (Fsp3) is 0.652. The molecule has 128 valence electrons. The largest absolute Gasteiger partial charge is 0.307 e. The van der Waals surface area contributed by atoms with Gasteiger partial charge >= 0.3 is 0 Å². The van der Waals surface area contributed by atoms with Crippen LogP contribution in [0.4, 0.5) is 0 Å². The van der Waals surface area contributed by atoms with E-state index in [9.17, 15) is 0 Å². The molecule has 5 rings (SSSR count). The van der Waals surface area contributed by atoms with Crippen molar-refractivity contribution in [3.05, 3.63) is 47.6 Å². The molecule has 1 heteroatoms. The Hall–Kier alpha value is -1.08. The van der Waals surface area contributed by atoms with Gasteiger partial charge in [0.25, 0.3) is 0 Å². The van der Waals surface area contributed by atoms with E-state index in [2.05, 4.69) is 69.5 Å². The molecule has 1 aliphatic heterocycles. The topological polar surface area (TPSA) is 12.0 Å². The zero-order valence-electron chi connectivity index (χ0n) is 15.5. The van der Waals surface area contributed by atoms with Gasteiger partial charge in [0.05, 0.1) is 0 Å². The van der Waals surface area contributed by atoms with Gasteiger partial charge in [-0.1, -0.05) is 69.7 Å². The van der Waals surface area contributed by atoms with E-state index < -0.39 is 0 Å². The van der Waals surface area contributed by atoms with Crippen molar-refractivity contribution in [2.45, 2.75) is 59.0 Å². The molecule has 0 spiro atoms. The lowest BCUT2D eigenvalue weighted by atomic mass is 9.59. The monoisotopic (exact) mass is 321 g/mol. The molecule has 1 N–H and O–H groups in total. The van der Waals surface area contributed by atoms with Crippen LogP contribution in [0.5, 0.6) is 0 Å². The Morgan fingerprint density at radius 2 is 1.88 bits per heavy atom. The highest BCUT2D eigenvalue weighted by Crippen LogP contribution is 2.63. The smallest absolute Gasteiger partial charge is 0.0347 e. The minimum atomic E-state index is 0.309. The summed E-state index contributed by atoms with van der Waals surface area (Å²) in [4.78, 5) is 0. The molecule has 7 atom stereocenters. The quantitative estimate of drug-likeness (QED) is 0.659. The summed E-state index contributed by atoms with van der Waals surface area (Å²) in [6.45, 7) is 9.93. The van der Waals surface area contributed by atoms with Crippen molar-refractivity contribution in [2.24, 2.45) is 34.5 Å². The molecule has 4 aliphatic carbocycles. The van der Waals surface area contributed by atoms with Gasteiger partial charge in [0, 0.05) is 17.5 Å². The molecule has 24 heavy (non-hydrogen) atoms. The van der Waals surface area contributed by atoms with E-state index in [4.69, 9.17) is 0 Å². The molecule has 0 aromatic carbocycles. The van der Waals surface area contributed by atoms with E-state index in [0.29, 0.717) is 28.8 Å². The van der Waals surface area contributed by atoms with Gasteiger partial charge in [-0.25, -0.2) is 0 Å². The van der Waals surface area contributed by atoms with Crippen molar-refractivity contribution in [1.82, 2.24) is 5.32 Å². The predicted octanol–water partition coefficient (Wildman–Crippen LogP) is 5.03. The first-order valence-electron chi connectivity index (χ1n) is 9.95. The van der Waals surface area contributed by atoms with E-state index in [-0.39, 0.29) is 0 Å². The summed E-state index contributed by atoms with van der Waals surface area (Å²) in [6, 6.07) is 1.23. The highest BCUT2D eigenvalue weighted by molar-refractivity contribution is 5.43. The van der Waals surface area contributed by atoms with Gasteiger partial charge in [0.15, 0.2) is 0 Å². The normalized spacial score (nSPS) is 50.5. The van der Waals surface area contributed by atoms with E-state index in [1.54, 1.807) is 11.1 Å². The lowest BCUT2D eigenvalue weighted by molar-refractivity contribution is 0.0963. The summed E-state index contributed by atoms with van der Waals surface area (Å²) in [5.74, 6) is 3.11. The van der Waals surface area contributed by atoms with Crippen LogP contribution in [0.15, 0.2) is 47.6 Å². The van der Waals surface area contributed by atoms with Crippen LogP contribution < -0.4 is 5.32 Å². The minimum absolute atomic E-state index is 0.309. The summed E-state index contributed by atoms with van der Waals surface area (Å²) in [5, 5.41) is 4.00. The Balaban J connectivity index is 1.53. The lowest BCUT2D eigenvalue weighted by Crippen LogP contribution is -2.43. The molecular formula is C23H31N. The van der Waals surface area contributed by atoms with Crippen molar-refractivity contribution in [3.63, 3.8) is 0 Å². The first-order chi connectivity index (χ1) is 11.4. The number of allylic oxidation sites excluding steroid dienone is 6. The highest BCUT2D eigenvalue weighted by atomic mass is 15.0. The number of nitrogens with one attached hydrogen (secondary N) is 1. The van der Waals surface area contributed by atoms with Crippen molar-refractivity contribution in [1.29, 1.82) is 0 Å². The fourth-order valence-electron chi connectivity index (χ4n) is 6.87. The van der Waals surface area contributed by atoms with E-state index in [1.807, 2.05) is 0 Å². The summed E-state index contributed by atoms with van der Waals surface area (Å²) in [5.41, 5.74) is 4.20. The average Bonchev–Trinajstić information content (AvgIpc) is 2.96. The third-order valence-corrected chi connectivity index (χ3v) is 8.30. The van der Waals surface area contributed by atoms with Crippen LogP contribution in [0, 0.1) is 34.5 Å². The average molecular weight is 322 g/mol. The van der Waals surface area contributed by atoms with Gasteiger partial charge in [0.2, 0.25) is 0 Å². The third-order valence-electron chi connectivity index (χ3n) is 8.30. The van der Waals surface area contributed by atoms with Crippen LogP contribution in [-0.2, 0) is 0 Å². The van der Waals surface area contributed by atoms with Crippen LogP contribution in [0.2, 0.25) is 0 Å². The Morgan fingerprint density at radius 3 is 2.71 bits per heavy atom. The second-order valence-corrected chi connectivity index (χ2v) is 9.85. The zero-order chi connectivity index (χ0) is 16.7. The zero-order valence-corrected chi connectivity index (χ0v) is 15.5. The van der Waals surface area contributed by atoms with Crippen LogP contribution >= 0.6 is 0 Å². The van der Waals surface area contributed by atoms with Crippen molar-refractivity contribution >= 4 is 0 Å². The Kier molecular flexibility index (Phi) is 3.01. The van der Waals surface area contributed by atoms with Crippen molar-refractivity contribution in [3.8, 4) is 0 Å². The molecule has 0 bridgehead atoms. The second kappa shape index (κ2) is 4.75. The summed E-state index contributed by atoms with van der Waals surface area (Å²) >= 11 is 0. The van der Waals surface area contributed by atoms with E-state index in [1.165, 1.54) is 19.3 Å². The lowest BCUT2D eigenvalue weighted by Gasteiger charge is -2.45. The molecule has 0 aromatic rings. The molecule has 5 aliphatic rings. The van der Waals surface area contributed by atoms with Crippen LogP contribution in [0.25, 0.3) is 0 Å².